The van der Waals surface area contributed by atoms with Gasteiger partial charge in [0.15, 0.2) is 0 Å². The number of nitrogens with zero attached hydrogens (tertiary/aromatic N) is 1. The first kappa shape index (κ1) is 14.8. The molecule has 1 aliphatic rings. The predicted molar refractivity (Wildman–Crippen MR) is 81.5 cm³/mol. The highest BCUT2D eigenvalue weighted by molar-refractivity contribution is 5.33. The summed E-state index contributed by atoms with van der Waals surface area (Å²) >= 11 is 0. The smallest absolute Gasteiger partial charge is 0.0991 e. The summed E-state index contributed by atoms with van der Waals surface area (Å²) in [6.45, 7) is 4.58. The summed E-state index contributed by atoms with van der Waals surface area (Å²) in [5, 5.41) is 8.82. The van der Waals surface area contributed by atoms with E-state index in [1.807, 2.05) is 18.2 Å². The zero-order valence-corrected chi connectivity index (χ0v) is 12.1. The van der Waals surface area contributed by atoms with Crippen LogP contribution in [-0.4, -0.2) is 12.7 Å². The molecule has 0 bridgehead atoms. The van der Waals surface area contributed by atoms with Crippen molar-refractivity contribution in [1.82, 2.24) is 0 Å². The van der Waals surface area contributed by atoms with Crippen molar-refractivity contribution in [2.75, 3.05) is 6.61 Å². The van der Waals surface area contributed by atoms with Crippen LogP contribution in [0.15, 0.2) is 36.9 Å². The molecule has 0 radical (unpaired) electrons. The Morgan fingerprint density at radius 3 is 2.50 bits per heavy atom. The quantitative estimate of drug-likeness (QED) is 0.560. The van der Waals surface area contributed by atoms with Gasteiger partial charge in [-0.3, -0.25) is 0 Å². The second-order valence-corrected chi connectivity index (χ2v) is 5.51. The number of rotatable bonds is 6. The zero-order valence-electron chi connectivity index (χ0n) is 12.1. The molecule has 106 valence electrons. The Bertz CT molecular complexity index is 449. The molecule has 0 saturated heterocycles. The largest absolute Gasteiger partial charge is 0.378 e. The van der Waals surface area contributed by atoms with E-state index in [9.17, 15) is 0 Å². The van der Waals surface area contributed by atoms with E-state index in [1.165, 1.54) is 18.4 Å². The van der Waals surface area contributed by atoms with Gasteiger partial charge in [-0.2, -0.15) is 5.26 Å². The number of benzene rings is 1. The van der Waals surface area contributed by atoms with Crippen molar-refractivity contribution in [3.8, 4) is 6.07 Å². The van der Waals surface area contributed by atoms with Gasteiger partial charge in [0.1, 0.15) is 0 Å². The van der Waals surface area contributed by atoms with Gasteiger partial charge >= 0.3 is 0 Å². The van der Waals surface area contributed by atoms with E-state index < -0.39 is 0 Å². The van der Waals surface area contributed by atoms with Crippen molar-refractivity contribution in [2.24, 2.45) is 0 Å². The highest BCUT2D eigenvalue weighted by atomic mass is 16.5. The third-order valence-electron chi connectivity index (χ3n) is 4.09. The minimum Gasteiger partial charge on any atom is -0.378 e. The Hall–Kier alpha value is -1.59. The normalized spacial score (nSPS) is 22.1. The Morgan fingerprint density at radius 2 is 1.90 bits per heavy atom. The highest BCUT2D eigenvalue weighted by Gasteiger charge is 2.22. The molecular weight excluding hydrogens is 246 g/mol. The van der Waals surface area contributed by atoms with Crippen LogP contribution in [0.3, 0.4) is 0 Å². The van der Waals surface area contributed by atoms with E-state index in [0.717, 1.165) is 37.9 Å². The molecule has 0 heterocycles. The lowest BCUT2D eigenvalue weighted by Crippen LogP contribution is -2.21. The Morgan fingerprint density at radius 1 is 1.20 bits per heavy atom. The molecule has 0 amide bonds. The molecule has 0 atom stereocenters. The van der Waals surface area contributed by atoms with Gasteiger partial charge in [0, 0.05) is 6.61 Å². The topological polar surface area (TPSA) is 33.0 Å². The summed E-state index contributed by atoms with van der Waals surface area (Å²) < 4.78 is 5.91. The molecule has 1 aliphatic carbocycles. The van der Waals surface area contributed by atoms with Crippen LogP contribution in [0.1, 0.15) is 55.6 Å². The maximum Gasteiger partial charge on any atom is 0.0991 e. The first-order chi connectivity index (χ1) is 9.83. The van der Waals surface area contributed by atoms with Gasteiger partial charge in [-0.05, 0) is 62.1 Å². The molecule has 1 aromatic carbocycles. The van der Waals surface area contributed by atoms with Gasteiger partial charge in [0.2, 0.25) is 0 Å². The van der Waals surface area contributed by atoms with Crippen LogP contribution in [-0.2, 0) is 4.74 Å². The molecule has 0 aromatic heterocycles. The maximum absolute atomic E-state index is 8.82. The number of nitriles is 1. The summed E-state index contributed by atoms with van der Waals surface area (Å²) in [5.41, 5.74) is 2.11. The molecule has 2 nitrogen and oxygen atoms in total. The summed E-state index contributed by atoms with van der Waals surface area (Å²) in [5.74, 6) is 0.635. The lowest BCUT2D eigenvalue weighted by atomic mass is 9.82. The van der Waals surface area contributed by atoms with Gasteiger partial charge in [-0.15, -0.1) is 6.58 Å². The molecule has 0 aliphatic heterocycles. The average molecular weight is 269 g/mol. The second kappa shape index (κ2) is 7.87. The van der Waals surface area contributed by atoms with Crippen LogP contribution in [0.2, 0.25) is 0 Å². The first-order valence-electron chi connectivity index (χ1n) is 7.56. The Balaban J connectivity index is 1.76. The van der Waals surface area contributed by atoms with E-state index >= 15 is 0 Å². The average Bonchev–Trinajstić information content (AvgIpc) is 2.52. The lowest BCUT2D eigenvalue weighted by molar-refractivity contribution is 0.0238. The standard InChI is InChI=1S/C18H23NO/c1-2-3-4-13-20-18-11-9-17(10-12-18)16-7-5-15(14-19)6-8-16/h2,5-8,17-18H,1,3-4,9-13H2. The van der Waals surface area contributed by atoms with Crippen LogP contribution in [0.4, 0.5) is 0 Å². The van der Waals surface area contributed by atoms with Crippen LogP contribution < -0.4 is 0 Å². The lowest BCUT2D eigenvalue weighted by Gasteiger charge is -2.28. The van der Waals surface area contributed by atoms with Crippen molar-refractivity contribution in [1.29, 1.82) is 5.26 Å². The SMILES string of the molecule is C=CCCCOC1CCC(c2ccc(C#N)cc2)CC1. The fraction of sp³-hybridized carbons (Fsp3) is 0.500. The summed E-state index contributed by atoms with van der Waals surface area (Å²) in [7, 11) is 0. The summed E-state index contributed by atoms with van der Waals surface area (Å²) in [4.78, 5) is 0. The number of hydrogen-bond acceptors (Lipinski definition) is 2. The monoisotopic (exact) mass is 269 g/mol. The van der Waals surface area contributed by atoms with E-state index in [-0.39, 0.29) is 0 Å². The molecule has 1 saturated carbocycles. The van der Waals surface area contributed by atoms with E-state index in [4.69, 9.17) is 10.00 Å². The molecular formula is C18H23NO. The third-order valence-corrected chi connectivity index (χ3v) is 4.09. The van der Waals surface area contributed by atoms with Crippen molar-refractivity contribution in [3.05, 3.63) is 48.0 Å². The Labute approximate surface area is 122 Å². The fourth-order valence-corrected chi connectivity index (χ4v) is 2.87. The van der Waals surface area contributed by atoms with Crippen LogP contribution in [0.5, 0.6) is 0 Å². The van der Waals surface area contributed by atoms with Gasteiger partial charge in [0.05, 0.1) is 17.7 Å². The summed E-state index contributed by atoms with van der Waals surface area (Å²) in [6, 6.07) is 10.2. The highest BCUT2D eigenvalue weighted by Crippen LogP contribution is 2.34. The maximum atomic E-state index is 8.82. The molecule has 1 fully saturated rings. The first-order valence-corrected chi connectivity index (χ1v) is 7.56. The van der Waals surface area contributed by atoms with Gasteiger partial charge in [-0.25, -0.2) is 0 Å². The summed E-state index contributed by atoms with van der Waals surface area (Å²) in [6.07, 6.45) is 9.20. The van der Waals surface area contributed by atoms with Crippen molar-refractivity contribution >= 4 is 0 Å². The van der Waals surface area contributed by atoms with Gasteiger partial charge in [0.25, 0.3) is 0 Å². The van der Waals surface area contributed by atoms with Crippen molar-refractivity contribution in [2.45, 2.75) is 50.5 Å². The zero-order chi connectivity index (χ0) is 14.2. The van der Waals surface area contributed by atoms with E-state index in [2.05, 4.69) is 24.8 Å². The number of hydrogen-bond donors (Lipinski definition) is 0. The second-order valence-electron chi connectivity index (χ2n) is 5.51. The van der Waals surface area contributed by atoms with Crippen LogP contribution in [0, 0.1) is 11.3 Å². The molecule has 0 unspecified atom stereocenters. The van der Waals surface area contributed by atoms with E-state index in [0.29, 0.717) is 12.0 Å². The van der Waals surface area contributed by atoms with Crippen molar-refractivity contribution < 1.29 is 4.74 Å². The minimum absolute atomic E-state index is 0.439. The third kappa shape index (κ3) is 4.21. The molecule has 0 spiro atoms. The Kier molecular flexibility index (Phi) is 5.83. The van der Waals surface area contributed by atoms with Gasteiger partial charge < -0.3 is 4.74 Å². The number of allylic oxidation sites excluding steroid dienone is 1. The van der Waals surface area contributed by atoms with Crippen LogP contribution >= 0.6 is 0 Å². The number of unbranched alkanes of at least 4 members (excludes halogenated alkanes) is 1. The number of ether oxygens (including phenoxy) is 1. The predicted octanol–water partition coefficient (Wildman–Crippen LogP) is 4.57. The molecule has 1 aromatic rings. The van der Waals surface area contributed by atoms with Gasteiger partial charge in [-0.1, -0.05) is 18.2 Å². The molecule has 2 rings (SSSR count). The molecule has 2 heteroatoms. The minimum atomic E-state index is 0.439. The van der Waals surface area contributed by atoms with Crippen molar-refractivity contribution in [3.63, 3.8) is 0 Å². The van der Waals surface area contributed by atoms with E-state index in [1.54, 1.807) is 0 Å². The molecule has 20 heavy (non-hydrogen) atoms. The fourth-order valence-electron chi connectivity index (χ4n) is 2.87. The molecule has 0 N–H and O–H groups in total. The van der Waals surface area contributed by atoms with Crippen LogP contribution in [0.25, 0.3) is 0 Å².